The summed E-state index contributed by atoms with van der Waals surface area (Å²) in [7, 11) is 0. The van der Waals surface area contributed by atoms with E-state index in [0.717, 1.165) is 37.0 Å². The van der Waals surface area contributed by atoms with Gasteiger partial charge in [0.05, 0.1) is 12.2 Å². The number of hydrogen-bond donors (Lipinski definition) is 2. The lowest BCUT2D eigenvalue weighted by atomic mass is 9.82. The van der Waals surface area contributed by atoms with Crippen molar-refractivity contribution in [3.05, 3.63) is 29.8 Å². The van der Waals surface area contributed by atoms with E-state index in [4.69, 9.17) is 4.74 Å². The topological polar surface area (TPSA) is 49.7 Å². The summed E-state index contributed by atoms with van der Waals surface area (Å²) in [5.41, 5.74) is 0.763. The van der Waals surface area contributed by atoms with Gasteiger partial charge in [-0.3, -0.25) is 0 Å². The van der Waals surface area contributed by atoms with E-state index < -0.39 is 12.2 Å². The Hall–Kier alpha value is -1.06. The van der Waals surface area contributed by atoms with Crippen molar-refractivity contribution >= 4 is 0 Å². The van der Waals surface area contributed by atoms with E-state index in [0.29, 0.717) is 0 Å². The molecule has 2 N–H and O–H groups in total. The molecule has 3 nitrogen and oxygen atoms in total. The average Bonchev–Trinajstić information content (AvgIpc) is 2.47. The first kappa shape index (κ1) is 15.3. The van der Waals surface area contributed by atoms with E-state index in [9.17, 15) is 10.2 Å². The lowest BCUT2D eigenvalue weighted by Crippen LogP contribution is -2.29. The molecule has 0 heterocycles. The molecular weight excluding hydrogens is 252 g/mol. The molecule has 2 rings (SSSR count). The molecule has 2 unspecified atom stereocenters. The van der Waals surface area contributed by atoms with Gasteiger partial charge in [-0.05, 0) is 50.3 Å². The molecule has 0 amide bonds. The third kappa shape index (κ3) is 3.97. The van der Waals surface area contributed by atoms with Crippen molar-refractivity contribution in [2.24, 2.45) is 5.92 Å². The summed E-state index contributed by atoms with van der Waals surface area (Å²) in [6.07, 6.45) is 4.29. The number of aliphatic hydroxyl groups excluding tert-OH is 2. The van der Waals surface area contributed by atoms with Crippen LogP contribution in [0.25, 0.3) is 0 Å². The zero-order valence-corrected chi connectivity index (χ0v) is 12.5. The molecule has 0 aliphatic heterocycles. The minimum absolute atomic E-state index is 0.138. The number of rotatable bonds is 5. The van der Waals surface area contributed by atoms with E-state index in [1.165, 1.54) is 6.42 Å². The Morgan fingerprint density at radius 3 is 2.15 bits per heavy atom. The van der Waals surface area contributed by atoms with E-state index in [-0.39, 0.29) is 12.0 Å². The van der Waals surface area contributed by atoms with Crippen LogP contribution in [0.15, 0.2) is 24.3 Å². The van der Waals surface area contributed by atoms with Crippen LogP contribution in [0.2, 0.25) is 0 Å². The van der Waals surface area contributed by atoms with Gasteiger partial charge < -0.3 is 14.9 Å². The SMILES string of the molecule is CC(C)Oc1ccc(C(O)C(O)C2CCCCC2)cc1. The molecule has 1 aromatic rings. The van der Waals surface area contributed by atoms with Gasteiger partial charge in [-0.15, -0.1) is 0 Å². The van der Waals surface area contributed by atoms with Gasteiger partial charge in [-0.1, -0.05) is 31.4 Å². The first-order valence-corrected chi connectivity index (χ1v) is 7.70. The van der Waals surface area contributed by atoms with Crippen LogP contribution in [-0.4, -0.2) is 22.4 Å². The van der Waals surface area contributed by atoms with Crippen LogP contribution >= 0.6 is 0 Å². The van der Waals surface area contributed by atoms with Crippen molar-refractivity contribution in [3.63, 3.8) is 0 Å². The van der Waals surface area contributed by atoms with E-state index in [2.05, 4.69) is 0 Å². The van der Waals surface area contributed by atoms with Gasteiger partial charge in [0.1, 0.15) is 11.9 Å². The predicted octanol–water partition coefficient (Wildman–Crippen LogP) is 3.45. The van der Waals surface area contributed by atoms with Crippen LogP contribution in [0.1, 0.15) is 57.6 Å². The second kappa shape index (κ2) is 7.09. The van der Waals surface area contributed by atoms with Gasteiger partial charge in [0.25, 0.3) is 0 Å². The maximum atomic E-state index is 10.3. The minimum Gasteiger partial charge on any atom is -0.491 e. The third-order valence-electron chi connectivity index (χ3n) is 4.05. The standard InChI is InChI=1S/C17H26O3/c1-12(2)20-15-10-8-14(9-11-15)17(19)16(18)13-6-4-3-5-7-13/h8-13,16-19H,3-7H2,1-2H3. The summed E-state index contributed by atoms with van der Waals surface area (Å²) in [5.74, 6) is 1.02. The maximum Gasteiger partial charge on any atom is 0.119 e. The molecule has 0 spiro atoms. The van der Waals surface area contributed by atoms with Crippen LogP contribution < -0.4 is 4.74 Å². The van der Waals surface area contributed by atoms with Crippen LogP contribution in [0.3, 0.4) is 0 Å². The second-order valence-corrected chi connectivity index (χ2v) is 6.07. The summed E-state index contributed by atoms with van der Waals surface area (Å²) in [5, 5.41) is 20.7. The van der Waals surface area contributed by atoms with E-state index >= 15 is 0 Å². The molecule has 2 atom stereocenters. The first-order chi connectivity index (χ1) is 9.58. The highest BCUT2D eigenvalue weighted by Crippen LogP contribution is 2.32. The minimum atomic E-state index is -0.800. The van der Waals surface area contributed by atoms with Gasteiger partial charge in [0, 0.05) is 0 Å². The van der Waals surface area contributed by atoms with E-state index in [1.807, 2.05) is 38.1 Å². The highest BCUT2D eigenvalue weighted by Gasteiger charge is 2.28. The van der Waals surface area contributed by atoms with Crippen LogP contribution in [0.4, 0.5) is 0 Å². The van der Waals surface area contributed by atoms with Gasteiger partial charge in [-0.25, -0.2) is 0 Å². The quantitative estimate of drug-likeness (QED) is 0.867. The molecule has 0 bridgehead atoms. The highest BCUT2D eigenvalue weighted by molar-refractivity contribution is 5.29. The highest BCUT2D eigenvalue weighted by atomic mass is 16.5. The molecule has 0 aromatic heterocycles. The van der Waals surface area contributed by atoms with Gasteiger partial charge in [0.2, 0.25) is 0 Å². The average molecular weight is 278 g/mol. The van der Waals surface area contributed by atoms with Gasteiger partial charge >= 0.3 is 0 Å². The fourth-order valence-electron chi connectivity index (χ4n) is 2.95. The number of benzene rings is 1. The summed E-state index contributed by atoms with van der Waals surface area (Å²) < 4.78 is 5.58. The Labute approximate surface area is 121 Å². The Kier molecular flexibility index (Phi) is 5.44. The maximum absolute atomic E-state index is 10.3. The zero-order chi connectivity index (χ0) is 14.5. The Morgan fingerprint density at radius 1 is 1.00 bits per heavy atom. The first-order valence-electron chi connectivity index (χ1n) is 7.70. The molecule has 3 heteroatoms. The summed E-state index contributed by atoms with van der Waals surface area (Å²) in [6, 6.07) is 7.39. The van der Waals surface area contributed by atoms with E-state index in [1.54, 1.807) is 0 Å². The molecule has 112 valence electrons. The molecule has 0 saturated heterocycles. The van der Waals surface area contributed by atoms with Crippen molar-refractivity contribution < 1.29 is 14.9 Å². The Morgan fingerprint density at radius 2 is 1.60 bits per heavy atom. The number of aliphatic hydroxyl groups is 2. The van der Waals surface area contributed by atoms with Crippen molar-refractivity contribution in [3.8, 4) is 5.75 Å². The molecule has 1 aliphatic rings. The van der Waals surface area contributed by atoms with Crippen LogP contribution in [0, 0.1) is 5.92 Å². The normalized spacial score (nSPS) is 19.9. The molecule has 0 radical (unpaired) electrons. The second-order valence-electron chi connectivity index (χ2n) is 6.07. The van der Waals surface area contributed by atoms with Gasteiger partial charge in [-0.2, -0.15) is 0 Å². The molecular formula is C17H26O3. The molecule has 1 fully saturated rings. The fraction of sp³-hybridized carbons (Fsp3) is 0.647. The number of hydrogen-bond acceptors (Lipinski definition) is 3. The predicted molar refractivity (Wildman–Crippen MR) is 79.7 cm³/mol. The van der Waals surface area contributed by atoms with Crippen molar-refractivity contribution in [1.29, 1.82) is 0 Å². The lowest BCUT2D eigenvalue weighted by molar-refractivity contribution is -0.0285. The molecule has 1 saturated carbocycles. The Balaban J connectivity index is 1.98. The monoisotopic (exact) mass is 278 g/mol. The molecule has 1 aromatic carbocycles. The largest absolute Gasteiger partial charge is 0.491 e. The Bertz CT molecular complexity index is 393. The fourth-order valence-corrected chi connectivity index (χ4v) is 2.95. The van der Waals surface area contributed by atoms with Crippen LogP contribution in [-0.2, 0) is 0 Å². The lowest BCUT2D eigenvalue weighted by Gasteiger charge is -2.30. The third-order valence-corrected chi connectivity index (χ3v) is 4.05. The van der Waals surface area contributed by atoms with Crippen LogP contribution in [0.5, 0.6) is 5.75 Å². The number of ether oxygens (including phenoxy) is 1. The molecule has 20 heavy (non-hydrogen) atoms. The smallest absolute Gasteiger partial charge is 0.119 e. The van der Waals surface area contributed by atoms with Crippen molar-refractivity contribution in [2.75, 3.05) is 0 Å². The molecule has 1 aliphatic carbocycles. The summed E-state index contributed by atoms with van der Waals surface area (Å²) in [4.78, 5) is 0. The zero-order valence-electron chi connectivity index (χ0n) is 12.5. The summed E-state index contributed by atoms with van der Waals surface area (Å²) >= 11 is 0. The van der Waals surface area contributed by atoms with Crippen molar-refractivity contribution in [2.45, 2.75) is 64.3 Å². The van der Waals surface area contributed by atoms with Crippen molar-refractivity contribution in [1.82, 2.24) is 0 Å². The summed E-state index contributed by atoms with van der Waals surface area (Å²) in [6.45, 7) is 3.96. The van der Waals surface area contributed by atoms with Gasteiger partial charge in [0.15, 0.2) is 0 Å².